The van der Waals surface area contributed by atoms with Crippen molar-refractivity contribution in [2.24, 2.45) is 37.9 Å². The van der Waals surface area contributed by atoms with E-state index in [0.717, 1.165) is 0 Å². The van der Waals surface area contributed by atoms with E-state index in [1.807, 2.05) is 0 Å². The first-order valence-electron chi connectivity index (χ1n) is 19.0. The first-order chi connectivity index (χ1) is 26.8. The summed E-state index contributed by atoms with van der Waals surface area (Å²) in [6.45, 7) is 2.12. The van der Waals surface area contributed by atoms with Crippen molar-refractivity contribution < 1.29 is 93.3 Å². The van der Waals surface area contributed by atoms with E-state index in [0.29, 0.717) is 6.42 Å². The van der Waals surface area contributed by atoms with Crippen molar-refractivity contribution in [3.63, 3.8) is 0 Å². The molecule has 58 heavy (non-hydrogen) atoms. The number of ketones is 2. The van der Waals surface area contributed by atoms with E-state index in [-0.39, 0.29) is 19.6 Å². The van der Waals surface area contributed by atoms with Crippen molar-refractivity contribution in [1.82, 2.24) is 0 Å². The number of carbonyl (C=O) groups excluding carboxylic acids is 6. The molecule has 8 N–H and O–H groups in total. The first kappa shape index (κ1) is 54.9. The molecule has 0 aromatic heterocycles. The maximum atomic E-state index is 13.9. The van der Waals surface area contributed by atoms with Crippen LogP contribution in [0.15, 0.2) is 0 Å². The quantitative estimate of drug-likeness (QED) is 0.0303. The van der Waals surface area contributed by atoms with Gasteiger partial charge in [0.25, 0.3) is 0 Å². The van der Waals surface area contributed by atoms with Crippen LogP contribution in [-0.4, -0.2) is 169 Å². The van der Waals surface area contributed by atoms with Crippen molar-refractivity contribution in [3.8, 4) is 0 Å². The molecule has 0 aromatic carbocycles. The van der Waals surface area contributed by atoms with Crippen molar-refractivity contribution in [2.45, 2.75) is 81.1 Å². The molecule has 0 saturated heterocycles. The topological polar surface area (TPSA) is 310 Å². The van der Waals surface area contributed by atoms with E-state index in [2.05, 4.69) is 0 Å². The summed E-state index contributed by atoms with van der Waals surface area (Å²) in [4.78, 5) is 80.3. The molecule has 19 heteroatoms. The SMILES string of the molecule is CCCOC(=O)C(C)(COC(=O)C(C)(COCC(C)(CO)CO)COC(=O)C(C)(CO)CO)COC(=O)C(C)(CCC(=O)C(C)(CO)CO)CC(=O)C(C)(CO)CO. The largest absolute Gasteiger partial charge is 0.465 e. The second-order valence-corrected chi connectivity index (χ2v) is 17.3. The molecular weight excluding hydrogens is 772 g/mol. The smallest absolute Gasteiger partial charge is 0.318 e. The van der Waals surface area contributed by atoms with Gasteiger partial charge in [0.1, 0.15) is 47.6 Å². The average molecular weight is 841 g/mol. The van der Waals surface area contributed by atoms with Gasteiger partial charge in [-0.3, -0.25) is 28.8 Å². The summed E-state index contributed by atoms with van der Waals surface area (Å²) in [7, 11) is 0. The molecule has 0 amide bonds. The summed E-state index contributed by atoms with van der Waals surface area (Å²) >= 11 is 0. The molecule has 0 radical (unpaired) electrons. The van der Waals surface area contributed by atoms with E-state index < -0.39 is 165 Å². The fourth-order valence-corrected chi connectivity index (χ4v) is 4.70. The van der Waals surface area contributed by atoms with Crippen LogP contribution < -0.4 is 0 Å². The predicted molar refractivity (Wildman–Crippen MR) is 202 cm³/mol. The number of rotatable bonds is 31. The molecule has 0 bridgehead atoms. The highest BCUT2D eigenvalue weighted by Gasteiger charge is 2.47. The van der Waals surface area contributed by atoms with Gasteiger partial charge in [0.05, 0.1) is 88.9 Å². The van der Waals surface area contributed by atoms with Gasteiger partial charge in [0.2, 0.25) is 0 Å². The Morgan fingerprint density at radius 2 is 0.776 bits per heavy atom. The summed E-state index contributed by atoms with van der Waals surface area (Å²) in [5.41, 5.74) is -11.7. The van der Waals surface area contributed by atoms with Crippen LogP contribution in [0, 0.1) is 37.9 Å². The van der Waals surface area contributed by atoms with Crippen LogP contribution in [0.25, 0.3) is 0 Å². The van der Waals surface area contributed by atoms with E-state index in [1.165, 1.54) is 48.5 Å². The number of ether oxygens (including phenoxy) is 5. The maximum Gasteiger partial charge on any atom is 0.318 e. The van der Waals surface area contributed by atoms with Crippen LogP contribution in [0.2, 0.25) is 0 Å². The van der Waals surface area contributed by atoms with Gasteiger partial charge in [-0.2, -0.15) is 0 Å². The first-order valence-corrected chi connectivity index (χ1v) is 19.0. The van der Waals surface area contributed by atoms with Gasteiger partial charge in [0, 0.05) is 18.3 Å². The molecule has 0 spiro atoms. The van der Waals surface area contributed by atoms with Gasteiger partial charge >= 0.3 is 23.9 Å². The van der Waals surface area contributed by atoms with Crippen molar-refractivity contribution >= 4 is 35.4 Å². The molecule has 3 atom stereocenters. The highest BCUT2D eigenvalue weighted by Crippen LogP contribution is 2.36. The summed E-state index contributed by atoms with van der Waals surface area (Å²) in [5, 5.41) is 77.7. The Morgan fingerprint density at radius 1 is 0.414 bits per heavy atom. The number of aliphatic hydroxyl groups excluding tert-OH is 8. The summed E-state index contributed by atoms with van der Waals surface area (Å²) < 4.78 is 27.5. The summed E-state index contributed by atoms with van der Waals surface area (Å²) in [6.07, 6.45) is -1.05. The number of hydrogen-bond donors (Lipinski definition) is 8. The predicted octanol–water partition coefficient (Wildman–Crippen LogP) is -1.12. The third kappa shape index (κ3) is 14.8. The Hall–Kier alpha value is -3.14. The standard InChI is InChI=1S/C39H68O19/c1-9-12-55-31(52)39(8,25-56-29(50)34(3,13-28(49)36(5,18-44)19-45)11-10-27(48)35(4,16-42)17-43)26-58-32(53)38(7,23-54-22-33(2,14-40)15-41)24-57-30(51)37(6,20-46)21-47/h40-47H,9-26H2,1-8H3. The lowest BCUT2D eigenvalue weighted by Crippen LogP contribution is -2.47. The zero-order valence-corrected chi connectivity index (χ0v) is 35.3. The van der Waals surface area contributed by atoms with Crippen molar-refractivity contribution in [3.05, 3.63) is 0 Å². The molecule has 338 valence electrons. The lowest BCUT2D eigenvalue weighted by molar-refractivity contribution is -0.182. The summed E-state index contributed by atoms with van der Waals surface area (Å²) in [5.74, 6) is -5.62. The fraction of sp³-hybridized carbons (Fsp3) is 0.846. The number of esters is 4. The van der Waals surface area contributed by atoms with Crippen LogP contribution in [0.4, 0.5) is 0 Å². The van der Waals surface area contributed by atoms with Crippen molar-refractivity contribution in [2.75, 3.05) is 92.5 Å². The van der Waals surface area contributed by atoms with Gasteiger partial charge in [-0.1, -0.05) is 13.8 Å². The van der Waals surface area contributed by atoms with Crippen LogP contribution in [0.5, 0.6) is 0 Å². The van der Waals surface area contributed by atoms with Gasteiger partial charge in [0.15, 0.2) is 0 Å². The monoisotopic (exact) mass is 840 g/mol. The van der Waals surface area contributed by atoms with Crippen molar-refractivity contribution in [1.29, 1.82) is 0 Å². The number of hydrogen-bond acceptors (Lipinski definition) is 19. The molecule has 0 saturated carbocycles. The van der Waals surface area contributed by atoms with Crippen LogP contribution in [-0.2, 0) is 52.5 Å². The lowest BCUT2D eigenvalue weighted by Gasteiger charge is -2.34. The molecule has 0 aliphatic carbocycles. The van der Waals surface area contributed by atoms with Gasteiger partial charge in [-0.15, -0.1) is 0 Å². The third-order valence-electron chi connectivity index (χ3n) is 10.5. The Balaban J connectivity index is 6.68. The molecule has 19 nitrogen and oxygen atoms in total. The molecule has 0 heterocycles. The minimum absolute atomic E-state index is 0.0789. The average Bonchev–Trinajstić information content (AvgIpc) is 3.23. The second-order valence-electron chi connectivity index (χ2n) is 17.3. The molecule has 0 fully saturated rings. The Bertz CT molecular complexity index is 1350. The minimum atomic E-state index is -1.92. The van der Waals surface area contributed by atoms with Crippen LogP contribution in [0.1, 0.15) is 81.1 Å². The summed E-state index contributed by atoms with van der Waals surface area (Å²) in [6, 6.07) is 0. The normalized spacial score (nSPS) is 15.7. The van der Waals surface area contributed by atoms with E-state index in [9.17, 15) is 69.6 Å². The minimum Gasteiger partial charge on any atom is -0.465 e. The zero-order valence-electron chi connectivity index (χ0n) is 35.3. The van der Waals surface area contributed by atoms with E-state index >= 15 is 0 Å². The number of carbonyl (C=O) groups is 6. The molecule has 0 aliphatic rings. The van der Waals surface area contributed by atoms with Gasteiger partial charge in [-0.25, -0.2) is 0 Å². The van der Waals surface area contributed by atoms with Gasteiger partial charge in [-0.05, 0) is 54.4 Å². The van der Waals surface area contributed by atoms with E-state index in [4.69, 9.17) is 23.7 Å². The molecule has 0 rings (SSSR count). The Morgan fingerprint density at radius 3 is 1.17 bits per heavy atom. The molecule has 0 aromatic rings. The Kier molecular flexibility index (Phi) is 22.3. The zero-order chi connectivity index (χ0) is 45.2. The second kappa shape index (κ2) is 23.6. The number of Topliss-reactive ketones (excluding diaryl/α,β-unsaturated/α-hetero) is 2. The Labute approximate surface area is 339 Å². The fourth-order valence-electron chi connectivity index (χ4n) is 4.70. The number of aliphatic hydroxyl groups is 8. The molecular formula is C39H68O19. The lowest BCUT2D eigenvalue weighted by atomic mass is 9.72. The third-order valence-corrected chi connectivity index (χ3v) is 10.5. The molecule has 0 aliphatic heterocycles. The van der Waals surface area contributed by atoms with Gasteiger partial charge < -0.3 is 64.5 Å². The molecule has 3 unspecified atom stereocenters. The van der Waals surface area contributed by atoms with E-state index in [1.54, 1.807) is 6.92 Å². The maximum absolute atomic E-state index is 13.9. The van der Waals surface area contributed by atoms with Crippen LogP contribution >= 0.6 is 0 Å². The highest BCUT2D eigenvalue weighted by molar-refractivity contribution is 5.91. The highest BCUT2D eigenvalue weighted by atomic mass is 16.6. The van der Waals surface area contributed by atoms with Crippen LogP contribution in [0.3, 0.4) is 0 Å².